The van der Waals surface area contributed by atoms with Crippen LogP contribution in [0.3, 0.4) is 0 Å². The number of rotatable bonds is 2. The molecular weight excluding hydrogens is 263 g/mol. The lowest BCUT2D eigenvalue weighted by Gasteiger charge is -2.07. The van der Waals surface area contributed by atoms with Crippen molar-refractivity contribution in [1.29, 1.82) is 0 Å². The summed E-state index contributed by atoms with van der Waals surface area (Å²) in [5.74, 6) is -0.0961. The van der Waals surface area contributed by atoms with Crippen LogP contribution in [-0.4, -0.2) is 4.98 Å². The molecule has 3 heteroatoms. The molecule has 2 aromatic carbocycles. The standard InChI is InChI=1S/C18H15FN2/c19-17-8-12(6-15-10-20-11-16(15)17)5-13-7-14-3-1-2-4-18(14)21-9-13/h1-4,6-9,20H,5,10-11H2. The SMILES string of the molecule is Fc1cc(Cc2cnc3ccccc3c2)cc2c1CNC2. The average Bonchev–Trinajstić information content (AvgIpc) is 2.96. The zero-order valence-corrected chi connectivity index (χ0v) is 11.6. The van der Waals surface area contributed by atoms with E-state index in [1.807, 2.05) is 24.4 Å². The number of para-hydroxylation sites is 1. The number of fused-ring (bicyclic) bond motifs is 2. The largest absolute Gasteiger partial charge is 0.308 e. The maximum Gasteiger partial charge on any atom is 0.128 e. The summed E-state index contributed by atoms with van der Waals surface area (Å²) in [6.45, 7) is 1.40. The highest BCUT2D eigenvalue weighted by Gasteiger charge is 2.15. The quantitative estimate of drug-likeness (QED) is 0.775. The van der Waals surface area contributed by atoms with Gasteiger partial charge in [-0.1, -0.05) is 24.3 Å². The van der Waals surface area contributed by atoms with E-state index in [-0.39, 0.29) is 5.82 Å². The van der Waals surface area contributed by atoms with Crippen LogP contribution in [0, 0.1) is 5.82 Å². The van der Waals surface area contributed by atoms with Crippen molar-refractivity contribution < 1.29 is 4.39 Å². The predicted octanol–water partition coefficient (Wildman–Crippen LogP) is 3.57. The molecule has 0 unspecified atom stereocenters. The highest BCUT2D eigenvalue weighted by molar-refractivity contribution is 5.78. The Labute approximate surface area is 122 Å². The van der Waals surface area contributed by atoms with Crippen molar-refractivity contribution in [3.63, 3.8) is 0 Å². The Morgan fingerprint density at radius 1 is 1.05 bits per heavy atom. The topological polar surface area (TPSA) is 24.9 Å². The first-order valence-electron chi connectivity index (χ1n) is 7.14. The molecule has 0 spiro atoms. The van der Waals surface area contributed by atoms with Crippen LogP contribution >= 0.6 is 0 Å². The Balaban J connectivity index is 1.70. The number of nitrogens with zero attached hydrogens (tertiary/aromatic N) is 1. The van der Waals surface area contributed by atoms with E-state index in [1.54, 1.807) is 6.07 Å². The molecule has 0 fully saturated rings. The molecule has 1 N–H and O–H groups in total. The van der Waals surface area contributed by atoms with Gasteiger partial charge in [0.25, 0.3) is 0 Å². The molecule has 0 bridgehead atoms. The van der Waals surface area contributed by atoms with Gasteiger partial charge in [0.1, 0.15) is 5.82 Å². The van der Waals surface area contributed by atoms with Crippen LogP contribution < -0.4 is 5.32 Å². The van der Waals surface area contributed by atoms with Crippen LogP contribution in [0.2, 0.25) is 0 Å². The Kier molecular flexibility index (Phi) is 2.93. The third-order valence-corrected chi connectivity index (χ3v) is 4.02. The molecule has 0 saturated carbocycles. The lowest BCUT2D eigenvalue weighted by molar-refractivity contribution is 0.606. The van der Waals surface area contributed by atoms with E-state index >= 15 is 0 Å². The molecule has 1 aliphatic rings. The van der Waals surface area contributed by atoms with Crippen LogP contribution in [0.25, 0.3) is 10.9 Å². The summed E-state index contributed by atoms with van der Waals surface area (Å²) in [4.78, 5) is 4.47. The summed E-state index contributed by atoms with van der Waals surface area (Å²) in [5.41, 5.74) is 5.01. The van der Waals surface area contributed by atoms with E-state index in [2.05, 4.69) is 28.5 Å². The molecule has 21 heavy (non-hydrogen) atoms. The van der Waals surface area contributed by atoms with Crippen LogP contribution in [-0.2, 0) is 19.5 Å². The maximum atomic E-state index is 14.1. The third kappa shape index (κ3) is 2.30. The minimum atomic E-state index is -0.0961. The second kappa shape index (κ2) is 4.93. The van der Waals surface area contributed by atoms with Gasteiger partial charge in [-0.15, -0.1) is 0 Å². The second-order valence-electron chi connectivity index (χ2n) is 5.53. The molecule has 3 aromatic rings. The van der Waals surface area contributed by atoms with E-state index in [9.17, 15) is 4.39 Å². The van der Waals surface area contributed by atoms with Gasteiger partial charge in [-0.05, 0) is 41.3 Å². The minimum Gasteiger partial charge on any atom is -0.308 e. The average molecular weight is 278 g/mol. The van der Waals surface area contributed by atoms with Crippen molar-refractivity contribution in [2.45, 2.75) is 19.5 Å². The van der Waals surface area contributed by atoms with Gasteiger partial charge in [0.05, 0.1) is 5.52 Å². The van der Waals surface area contributed by atoms with Crippen LogP contribution in [0.15, 0.2) is 48.7 Å². The van der Waals surface area contributed by atoms with Gasteiger partial charge in [0, 0.05) is 30.2 Å². The number of hydrogen-bond acceptors (Lipinski definition) is 2. The van der Waals surface area contributed by atoms with Crippen LogP contribution in [0.1, 0.15) is 22.3 Å². The number of benzene rings is 2. The van der Waals surface area contributed by atoms with Crippen molar-refractivity contribution in [3.05, 3.63) is 76.7 Å². The van der Waals surface area contributed by atoms with Gasteiger partial charge < -0.3 is 5.32 Å². The molecule has 0 atom stereocenters. The number of pyridine rings is 1. The summed E-state index contributed by atoms with van der Waals surface area (Å²) in [7, 11) is 0. The second-order valence-corrected chi connectivity index (χ2v) is 5.53. The van der Waals surface area contributed by atoms with E-state index in [1.165, 1.54) is 0 Å². The summed E-state index contributed by atoms with van der Waals surface area (Å²) >= 11 is 0. The van der Waals surface area contributed by atoms with Crippen LogP contribution in [0.5, 0.6) is 0 Å². The first-order valence-corrected chi connectivity index (χ1v) is 7.14. The van der Waals surface area contributed by atoms with E-state index in [0.29, 0.717) is 13.0 Å². The minimum absolute atomic E-state index is 0.0961. The molecule has 2 heterocycles. The molecule has 1 aliphatic heterocycles. The third-order valence-electron chi connectivity index (χ3n) is 4.02. The molecular formula is C18H15FN2. The summed E-state index contributed by atoms with van der Waals surface area (Å²) in [6, 6.07) is 13.9. The van der Waals surface area contributed by atoms with Gasteiger partial charge in [0.15, 0.2) is 0 Å². The highest BCUT2D eigenvalue weighted by Crippen LogP contribution is 2.23. The lowest BCUT2D eigenvalue weighted by Crippen LogP contribution is -2.00. The molecule has 0 aliphatic carbocycles. The normalized spacial score (nSPS) is 13.6. The highest BCUT2D eigenvalue weighted by atomic mass is 19.1. The molecule has 2 nitrogen and oxygen atoms in total. The van der Waals surface area contributed by atoms with Gasteiger partial charge in [0.2, 0.25) is 0 Å². The Bertz CT molecular complexity index is 827. The summed E-state index contributed by atoms with van der Waals surface area (Å²) in [5, 5.41) is 4.31. The number of aromatic nitrogens is 1. The Morgan fingerprint density at radius 3 is 2.90 bits per heavy atom. The predicted molar refractivity (Wildman–Crippen MR) is 81.5 cm³/mol. The first kappa shape index (κ1) is 12.5. The molecule has 0 radical (unpaired) electrons. The van der Waals surface area contributed by atoms with Crippen molar-refractivity contribution in [1.82, 2.24) is 10.3 Å². The monoisotopic (exact) mass is 278 g/mol. The van der Waals surface area contributed by atoms with Crippen molar-refractivity contribution in [3.8, 4) is 0 Å². The van der Waals surface area contributed by atoms with Crippen LogP contribution in [0.4, 0.5) is 4.39 Å². The fraction of sp³-hybridized carbons (Fsp3) is 0.167. The van der Waals surface area contributed by atoms with Crippen molar-refractivity contribution in [2.24, 2.45) is 0 Å². The van der Waals surface area contributed by atoms with Gasteiger partial charge in [-0.2, -0.15) is 0 Å². The Morgan fingerprint density at radius 2 is 1.95 bits per heavy atom. The molecule has 0 saturated heterocycles. The number of halogens is 1. The lowest BCUT2D eigenvalue weighted by atomic mass is 10.00. The molecule has 104 valence electrons. The van der Waals surface area contributed by atoms with E-state index < -0.39 is 0 Å². The van der Waals surface area contributed by atoms with Gasteiger partial charge >= 0.3 is 0 Å². The number of nitrogens with one attached hydrogen (secondary N) is 1. The fourth-order valence-electron chi connectivity index (χ4n) is 2.98. The van der Waals surface area contributed by atoms with E-state index in [0.717, 1.165) is 39.7 Å². The van der Waals surface area contributed by atoms with Gasteiger partial charge in [-0.25, -0.2) is 4.39 Å². The zero-order chi connectivity index (χ0) is 14.2. The number of hydrogen-bond donors (Lipinski definition) is 1. The maximum absolute atomic E-state index is 14.1. The smallest absolute Gasteiger partial charge is 0.128 e. The van der Waals surface area contributed by atoms with E-state index in [4.69, 9.17) is 0 Å². The van der Waals surface area contributed by atoms with Crippen molar-refractivity contribution >= 4 is 10.9 Å². The first-order chi connectivity index (χ1) is 10.3. The van der Waals surface area contributed by atoms with Crippen molar-refractivity contribution in [2.75, 3.05) is 0 Å². The molecule has 1 aromatic heterocycles. The molecule has 0 amide bonds. The molecule has 4 rings (SSSR count). The van der Waals surface area contributed by atoms with Gasteiger partial charge in [-0.3, -0.25) is 4.98 Å². The summed E-state index contributed by atoms with van der Waals surface area (Å²) in [6.07, 6.45) is 2.59. The summed E-state index contributed by atoms with van der Waals surface area (Å²) < 4.78 is 14.1. The fourth-order valence-corrected chi connectivity index (χ4v) is 2.98. The Hall–Kier alpha value is -2.26. The zero-order valence-electron chi connectivity index (χ0n) is 11.6.